The number of nitrogens with one attached hydrogen (secondary N) is 2. The van der Waals surface area contributed by atoms with Crippen LogP contribution in [0.5, 0.6) is 0 Å². The molecule has 4 atom stereocenters. The third kappa shape index (κ3) is 4.57. The van der Waals surface area contributed by atoms with Crippen molar-refractivity contribution in [1.29, 1.82) is 0 Å². The highest BCUT2D eigenvalue weighted by molar-refractivity contribution is 5.81. The van der Waals surface area contributed by atoms with E-state index >= 15 is 0 Å². The zero-order valence-corrected chi connectivity index (χ0v) is 15.6. The van der Waals surface area contributed by atoms with E-state index in [9.17, 15) is 0 Å². The minimum atomic E-state index is 0.371. The molecule has 26 heavy (non-hydrogen) atoms. The molecule has 1 aliphatic heterocycles. The molecule has 2 fully saturated rings. The second-order valence-corrected chi connectivity index (χ2v) is 7.87. The maximum absolute atomic E-state index is 4.89. The zero-order chi connectivity index (χ0) is 17.6. The fraction of sp³-hybridized carbons (Fsp3) is 0.667. The van der Waals surface area contributed by atoms with Gasteiger partial charge in [0, 0.05) is 37.6 Å². The molecule has 3 aliphatic rings. The van der Waals surface area contributed by atoms with Gasteiger partial charge in [0.1, 0.15) is 0 Å². The third-order valence-corrected chi connectivity index (χ3v) is 5.99. The molecule has 1 unspecified atom stereocenters. The summed E-state index contributed by atoms with van der Waals surface area (Å²) in [5.41, 5.74) is 1.87. The predicted molar refractivity (Wildman–Crippen MR) is 108 cm³/mol. The van der Waals surface area contributed by atoms with Crippen molar-refractivity contribution in [2.24, 2.45) is 9.98 Å². The summed E-state index contributed by atoms with van der Waals surface area (Å²) in [6, 6.07) is 7.86. The van der Waals surface area contributed by atoms with Crippen LogP contribution in [0.2, 0.25) is 0 Å². The van der Waals surface area contributed by atoms with E-state index in [1.807, 2.05) is 24.6 Å². The van der Waals surface area contributed by atoms with E-state index in [4.69, 9.17) is 15.0 Å². The normalized spacial score (nSPS) is 32.8. The van der Waals surface area contributed by atoms with E-state index in [-0.39, 0.29) is 0 Å². The second kappa shape index (κ2) is 8.87. The Morgan fingerprint density at radius 1 is 0.692 bits per heavy atom. The summed E-state index contributed by atoms with van der Waals surface area (Å²) in [6.45, 7) is 2.02. The number of rotatable bonds is 0. The summed E-state index contributed by atoms with van der Waals surface area (Å²) in [5.74, 6) is 0. The Labute approximate surface area is 156 Å². The molecule has 2 N–H and O–H groups in total. The Morgan fingerprint density at radius 2 is 1.19 bits per heavy atom. The first kappa shape index (κ1) is 17.8. The Hall–Kier alpha value is -1.59. The van der Waals surface area contributed by atoms with Crippen LogP contribution >= 0.6 is 0 Å². The lowest BCUT2D eigenvalue weighted by molar-refractivity contribution is 0.308. The number of hydrogen-bond acceptors (Lipinski definition) is 5. The van der Waals surface area contributed by atoms with Crippen molar-refractivity contribution in [3.8, 4) is 0 Å². The fourth-order valence-corrected chi connectivity index (χ4v) is 4.53. The average Bonchev–Trinajstić information content (AvgIpc) is 2.69. The van der Waals surface area contributed by atoms with E-state index in [2.05, 4.69) is 16.7 Å². The number of fused-ring (bicyclic) bond motifs is 4. The molecular formula is C21H31N5. The predicted octanol–water partition coefficient (Wildman–Crippen LogP) is 2.73. The van der Waals surface area contributed by atoms with Gasteiger partial charge in [-0.05, 0) is 37.8 Å². The van der Waals surface area contributed by atoms with Crippen molar-refractivity contribution < 1.29 is 0 Å². The molecule has 1 aromatic heterocycles. The van der Waals surface area contributed by atoms with Crippen LogP contribution in [0.15, 0.2) is 28.2 Å². The highest BCUT2D eigenvalue weighted by atomic mass is 15.0. The molecule has 140 valence electrons. The number of aromatic nitrogens is 1. The molecule has 0 radical (unpaired) electrons. The Balaban J connectivity index is 1.57. The van der Waals surface area contributed by atoms with Crippen LogP contribution < -0.4 is 10.6 Å². The molecule has 2 heterocycles. The molecule has 2 aliphatic carbocycles. The van der Waals surface area contributed by atoms with Crippen molar-refractivity contribution in [3.05, 3.63) is 29.6 Å². The molecule has 4 rings (SSSR count). The molecule has 2 bridgehead atoms. The first-order valence-corrected chi connectivity index (χ1v) is 10.4. The van der Waals surface area contributed by atoms with Crippen molar-refractivity contribution in [2.75, 3.05) is 13.1 Å². The van der Waals surface area contributed by atoms with Crippen molar-refractivity contribution >= 4 is 12.4 Å². The highest BCUT2D eigenvalue weighted by Crippen LogP contribution is 2.22. The number of pyridine rings is 1. The molecule has 5 nitrogen and oxygen atoms in total. The average molecular weight is 354 g/mol. The lowest BCUT2D eigenvalue weighted by Crippen LogP contribution is -2.47. The highest BCUT2D eigenvalue weighted by Gasteiger charge is 2.25. The van der Waals surface area contributed by atoms with Crippen molar-refractivity contribution in [2.45, 2.75) is 75.5 Å². The van der Waals surface area contributed by atoms with Crippen LogP contribution in [0.3, 0.4) is 0 Å². The van der Waals surface area contributed by atoms with Crippen LogP contribution in [0.25, 0.3) is 0 Å². The molecule has 2 saturated carbocycles. The van der Waals surface area contributed by atoms with Crippen LogP contribution in [-0.4, -0.2) is 54.7 Å². The van der Waals surface area contributed by atoms with Gasteiger partial charge in [0.25, 0.3) is 0 Å². The Bertz CT molecular complexity index is 590. The quantitative estimate of drug-likeness (QED) is 0.754. The number of hydrogen-bond donors (Lipinski definition) is 2. The van der Waals surface area contributed by atoms with E-state index in [1.165, 1.54) is 51.4 Å². The van der Waals surface area contributed by atoms with Crippen LogP contribution in [0, 0.1) is 0 Å². The van der Waals surface area contributed by atoms with Gasteiger partial charge in [-0.1, -0.05) is 31.7 Å². The molecule has 5 heteroatoms. The first-order chi connectivity index (χ1) is 12.9. The summed E-state index contributed by atoms with van der Waals surface area (Å²) in [7, 11) is 0. The van der Waals surface area contributed by atoms with Gasteiger partial charge in [0.05, 0.1) is 23.5 Å². The lowest BCUT2D eigenvalue weighted by atomic mass is 9.90. The zero-order valence-electron chi connectivity index (χ0n) is 15.6. The largest absolute Gasteiger partial charge is 0.311 e. The summed E-state index contributed by atoms with van der Waals surface area (Å²) >= 11 is 0. The van der Waals surface area contributed by atoms with Gasteiger partial charge in [0.15, 0.2) is 0 Å². The van der Waals surface area contributed by atoms with Crippen LogP contribution in [-0.2, 0) is 0 Å². The van der Waals surface area contributed by atoms with Gasteiger partial charge in [-0.2, -0.15) is 0 Å². The molecule has 0 amide bonds. The van der Waals surface area contributed by atoms with Crippen LogP contribution in [0.1, 0.15) is 62.8 Å². The van der Waals surface area contributed by atoms with E-state index < -0.39 is 0 Å². The van der Waals surface area contributed by atoms with Crippen LogP contribution in [0.4, 0.5) is 0 Å². The molecule has 0 aromatic carbocycles. The lowest BCUT2D eigenvalue weighted by Gasteiger charge is -2.31. The van der Waals surface area contributed by atoms with Crippen molar-refractivity contribution in [1.82, 2.24) is 15.6 Å². The SMILES string of the molecule is C1=N[C@@H]2CCCCC2NCCN[C@@H]2CCCC[C@H]2N=Cc2cccc1n2. The van der Waals surface area contributed by atoms with Gasteiger partial charge >= 0.3 is 0 Å². The minimum Gasteiger partial charge on any atom is -0.311 e. The van der Waals surface area contributed by atoms with E-state index in [0.717, 1.165) is 24.5 Å². The van der Waals surface area contributed by atoms with Gasteiger partial charge in [-0.15, -0.1) is 0 Å². The molecule has 0 saturated heterocycles. The Kier molecular flexibility index (Phi) is 6.07. The molecular weight excluding hydrogens is 322 g/mol. The van der Waals surface area contributed by atoms with Gasteiger partial charge < -0.3 is 10.6 Å². The summed E-state index contributed by atoms with van der Waals surface area (Å²) < 4.78 is 0. The number of nitrogens with zero attached hydrogens (tertiary/aromatic N) is 3. The standard InChI is InChI=1S/C21H31N5/c1-3-10-20-18(8-1)22-12-13-23-19-9-2-4-11-21(19)25-15-17-7-5-6-16(26-17)14-24-20/h5-7,14-15,18-23H,1-4,8-13H2/t18-,19?,20-,21-/m1/s1. The topological polar surface area (TPSA) is 61.7 Å². The Morgan fingerprint density at radius 3 is 1.73 bits per heavy atom. The monoisotopic (exact) mass is 353 g/mol. The number of aliphatic imine (C=N–C) groups is 2. The summed E-state index contributed by atoms with van der Waals surface area (Å²) in [5, 5.41) is 7.52. The summed E-state index contributed by atoms with van der Waals surface area (Å²) in [6.07, 6.45) is 13.9. The second-order valence-electron chi connectivity index (χ2n) is 7.87. The maximum atomic E-state index is 4.89. The van der Waals surface area contributed by atoms with Crippen molar-refractivity contribution in [3.63, 3.8) is 0 Å². The maximum Gasteiger partial charge on any atom is 0.0815 e. The first-order valence-electron chi connectivity index (χ1n) is 10.4. The fourth-order valence-electron chi connectivity index (χ4n) is 4.53. The van der Waals surface area contributed by atoms with Gasteiger partial charge in [0.2, 0.25) is 0 Å². The third-order valence-electron chi connectivity index (χ3n) is 5.99. The smallest absolute Gasteiger partial charge is 0.0815 e. The molecule has 0 spiro atoms. The summed E-state index contributed by atoms with van der Waals surface area (Å²) in [4.78, 5) is 14.5. The molecule has 1 aromatic rings. The van der Waals surface area contributed by atoms with Gasteiger partial charge in [-0.3, -0.25) is 9.98 Å². The van der Waals surface area contributed by atoms with E-state index in [0.29, 0.717) is 24.2 Å². The van der Waals surface area contributed by atoms with E-state index in [1.54, 1.807) is 0 Å². The van der Waals surface area contributed by atoms with Gasteiger partial charge in [-0.25, -0.2) is 4.98 Å². The minimum absolute atomic E-state index is 0.371.